The van der Waals surface area contributed by atoms with Crippen molar-refractivity contribution in [1.82, 2.24) is 0 Å². The molecule has 2 N–H and O–H groups in total. The molecular weight excluding hydrogens is 285 g/mol. The summed E-state index contributed by atoms with van der Waals surface area (Å²) in [5.41, 5.74) is 0.380. The molecule has 1 aromatic rings. The molecule has 0 aliphatic carbocycles. The van der Waals surface area contributed by atoms with Crippen molar-refractivity contribution in [1.29, 1.82) is 0 Å². The molecule has 1 unspecified atom stereocenters. The minimum absolute atomic E-state index is 0.0801. The third-order valence-electron chi connectivity index (χ3n) is 1.84. The van der Waals surface area contributed by atoms with Crippen LogP contribution in [0.5, 0.6) is 0 Å². The summed E-state index contributed by atoms with van der Waals surface area (Å²) in [6.07, 6.45) is 0. The van der Waals surface area contributed by atoms with Crippen molar-refractivity contribution in [3.63, 3.8) is 0 Å². The van der Waals surface area contributed by atoms with Gasteiger partial charge in [-0.3, -0.25) is 9.00 Å². The van der Waals surface area contributed by atoms with Crippen LogP contribution in [0.2, 0.25) is 10.0 Å². The van der Waals surface area contributed by atoms with E-state index >= 15 is 0 Å². The molecule has 1 amide bonds. The van der Waals surface area contributed by atoms with Crippen molar-refractivity contribution in [2.24, 2.45) is 0 Å². The maximum Gasteiger partial charge on any atom is 0.237 e. The SMILES string of the molecule is O=C(CS(=O)CCO)Nc1cccc(Cl)c1Cl. The van der Waals surface area contributed by atoms with Crippen LogP contribution in [-0.2, 0) is 15.6 Å². The highest BCUT2D eigenvalue weighted by Gasteiger charge is 2.10. The fraction of sp³-hybridized carbons (Fsp3) is 0.300. The molecule has 0 saturated heterocycles. The topological polar surface area (TPSA) is 66.4 Å². The van der Waals surface area contributed by atoms with Gasteiger partial charge in [0.05, 0.1) is 22.3 Å². The molecule has 17 heavy (non-hydrogen) atoms. The van der Waals surface area contributed by atoms with Crippen molar-refractivity contribution < 1.29 is 14.1 Å². The van der Waals surface area contributed by atoms with Crippen LogP contribution in [0.1, 0.15) is 0 Å². The molecule has 7 heteroatoms. The van der Waals surface area contributed by atoms with Gasteiger partial charge in [0.1, 0.15) is 5.75 Å². The molecule has 0 saturated carbocycles. The highest BCUT2D eigenvalue weighted by molar-refractivity contribution is 7.85. The van der Waals surface area contributed by atoms with Crippen LogP contribution >= 0.6 is 23.2 Å². The number of hydrogen-bond acceptors (Lipinski definition) is 3. The van der Waals surface area contributed by atoms with Crippen LogP contribution < -0.4 is 5.32 Å². The van der Waals surface area contributed by atoms with Gasteiger partial charge in [-0.2, -0.15) is 0 Å². The first-order valence-electron chi connectivity index (χ1n) is 4.74. The summed E-state index contributed by atoms with van der Waals surface area (Å²) in [4.78, 5) is 11.5. The van der Waals surface area contributed by atoms with Gasteiger partial charge >= 0.3 is 0 Å². The van der Waals surface area contributed by atoms with E-state index in [9.17, 15) is 9.00 Å². The monoisotopic (exact) mass is 295 g/mol. The highest BCUT2D eigenvalue weighted by Crippen LogP contribution is 2.29. The van der Waals surface area contributed by atoms with Gasteiger partial charge in [-0.1, -0.05) is 29.3 Å². The number of carbonyl (C=O) groups excluding carboxylic acids is 1. The van der Waals surface area contributed by atoms with E-state index < -0.39 is 16.7 Å². The third kappa shape index (κ3) is 4.63. The molecule has 94 valence electrons. The second-order valence-electron chi connectivity index (χ2n) is 3.16. The average Bonchev–Trinajstić information content (AvgIpc) is 2.25. The van der Waals surface area contributed by atoms with Crippen LogP contribution in [0.25, 0.3) is 0 Å². The standard InChI is InChI=1S/C10H11Cl2NO3S/c11-7-2-1-3-8(10(7)12)13-9(15)6-17(16)5-4-14/h1-3,14H,4-6H2,(H,13,15). The van der Waals surface area contributed by atoms with E-state index in [-0.39, 0.29) is 23.1 Å². The van der Waals surface area contributed by atoms with Gasteiger partial charge in [-0.15, -0.1) is 0 Å². The van der Waals surface area contributed by atoms with Gasteiger partial charge in [-0.05, 0) is 12.1 Å². The number of rotatable bonds is 5. The number of carbonyl (C=O) groups is 1. The zero-order valence-corrected chi connectivity index (χ0v) is 11.1. The Hall–Kier alpha value is -0.620. The van der Waals surface area contributed by atoms with Crippen molar-refractivity contribution in [2.45, 2.75) is 0 Å². The van der Waals surface area contributed by atoms with E-state index in [1.807, 2.05) is 0 Å². The lowest BCUT2D eigenvalue weighted by atomic mass is 10.3. The molecule has 1 aromatic carbocycles. The molecular formula is C10H11Cl2NO3S. The van der Waals surface area contributed by atoms with Crippen LogP contribution in [0.15, 0.2) is 18.2 Å². The summed E-state index contributed by atoms with van der Waals surface area (Å²) in [6, 6.07) is 4.85. The molecule has 1 atom stereocenters. The smallest absolute Gasteiger partial charge is 0.237 e. The number of nitrogens with one attached hydrogen (secondary N) is 1. The zero-order valence-electron chi connectivity index (χ0n) is 8.78. The summed E-state index contributed by atoms with van der Waals surface area (Å²) < 4.78 is 11.2. The summed E-state index contributed by atoms with van der Waals surface area (Å²) in [5.74, 6) is -0.527. The maximum absolute atomic E-state index is 11.5. The fourth-order valence-corrected chi connectivity index (χ4v) is 2.17. The van der Waals surface area contributed by atoms with Gasteiger partial charge < -0.3 is 10.4 Å². The lowest BCUT2D eigenvalue weighted by Crippen LogP contribution is -2.21. The summed E-state index contributed by atoms with van der Waals surface area (Å²) in [5, 5.41) is 11.6. The van der Waals surface area contributed by atoms with Gasteiger partial charge in [-0.25, -0.2) is 0 Å². The molecule has 4 nitrogen and oxygen atoms in total. The third-order valence-corrected chi connectivity index (χ3v) is 3.88. The minimum atomic E-state index is -1.37. The molecule has 0 fully saturated rings. The fourth-order valence-electron chi connectivity index (χ4n) is 1.11. The number of amides is 1. The van der Waals surface area contributed by atoms with E-state index in [2.05, 4.69) is 5.32 Å². The Kier molecular flexibility index (Phi) is 5.91. The summed E-state index contributed by atoms with van der Waals surface area (Å²) in [6.45, 7) is -0.211. The molecule has 0 bridgehead atoms. The Morgan fingerprint density at radius 2 is 2.12 bits per heavy atom. The Labute approximate surface area is 111 Å². The molecule has 0 heterocycles. The Morgan fingerprint density at radius 3 is 2.76 bits per heavy atom. The lowest BCUT2D eigenvalue weighted by molar-refractivity contribution is -0.113. The van der Waals surface area contributed by atoms with Crippen molar-refractivity contribution in [3.8, 4) is 0 Å². The Balaban J connectivity index is 2.62. The molecule has 0 aromatic heterocycles. The van der Waals surface area contributed by atoms with E-state index in [1.54, 1.807) is 18.2 Å². The number of aliphatic hydroxyl groups excluding tert-OH is 1. The quantitative estimate of drug-likeness (QED) is 0.868. The first kappa shape index (κ1) is 14.4. The summed E-state index contributed by atoms with van der Waals surface area (Å²) >= 11 is 11.6. The molecule has 1 rings (SSSR count). The largest absolute Gasteiger partial charge is 0.395 e. The van der Waals surface area contributed by atoms with Crippen LogP contribution in [0, 0.1) is 0 Å². The van der Waals surface area contributed by atoms with E-state index in [0.29, 0.717) is 10.7 Å². The first-order chi connectivity index (χ1) is 8.04. The molecule has 0 spiro atoms. The van der Waals surface area contributed by atoms with E-state index in [4.69, 9.17) is 28.3 Å². The second kappa shape index (κ2) is 6.96. The average molecular weight is 296 g/mol. The van der Waals surface area contributed by atoms with Crippen molar-refractivity contribution >= 4 is 45.6 Å². The number of aliphatic hydroxyl groups is 1. The predicted octanol–water partition coefficient (Wildman–Crippen LogP) is 1.67. The van der Waals surface area contributed by atoms with E-state index in [1.165, 1.54) is 0 Å². The van der Waals surface area contributed by atoms with Crippen LogP contribution in [-0.4, -0.2) is 33.3 Å². The minimum Gasteiger partial charge on any atom is -0.395 e. The lowest BCUT2D eigenvalue weighted by Gasteiger charge is -2.07. The van der Waals surface area contributed by atoms with Gasteiger partial charge in [0.2, 0.25) is 5.91 Å². The highest BCUT2D eigenvalue weighted by atomic mass is 35.5. The molecule has 0 radical (unpaired) electrons. The second-order valence-corrected chi connectivity index (χ2v) is 5.52. The molecule has 0 aliphatic heterocycles. The maximum atomic E-state index is 11.5. The van der Waals surface area contributed by atoms with Gasteiger partial charge in [0.15, 0.2) is 0 Å². The normalized spacial score (nSPS) is 12.2. The Morgan fingerprint density at radius 1 is 1.41 bits per heavy atom. The predicted molar refractivity (Wildman–Crippen MR) is 70.1 cm³/mol. The summed E-state index contributed by atoms with van der Waals surface area (Å²) in [7, 11) is -1.37. The van der Waals surface area contributed by atoms with Crippen molar-refractivity contribution in [3.05, 3.63) is 28.2 Å². The number of benzene rings is 1. The van der Waals surface area contributed by atoms with Gasteiger partial charge in [0.25, 0.3) is 0 Å². The van der Waals surface area contributed by atoms with Gasteiger partial charge in [0, 0.05) is 16.6 Å². The number of anilines is 1. The zero-order chi connectivity index (χ0) is 12.8. The van der Waals surface area contributed by atoms with Crippen molar-refractivity contribution in [2.75, 3.05) is 23.4 Å². The van der Waals surface area contributed by atoms with Crippen LogP contribution in [0.3, 0.4) is 0 Å². The van der Waals surface area contributed by atoms with Crippen LogP contribution in [0.4, 0.5) is 5.69 Å². The first-order valence-corrected chi connectivity index (χ1v) is 6.98. The Bertz CT molecular complexity index is 440. The number of halogens is 2. The van der Waals surface area contributed by atoms with E-state index in [0.717, 1.165) is 0 Å². The number of hydrogen-bond donors (Lipinski definition) is 2. The molecule has 0 aliphatic rings.